The summed E-state index contributed by atoms with van der Waals surface area (Å²) < 4.78 is 26.8. The summed E-state index contributed by atoms with van der Waals surface area (Å²) >= 11 is 0. The Labute approximate surface area is 162 Å². The van der Waals surface area contributed by atoms with Crippen molar-refractivity contribution >= 4 is 17.5 Å². The Kier molecular flexibility index (Phi) is 5.11. The summed E-state index contributed by atoms with van der Waals surface area (Å²) in [7, 11) is 0. The second kappa shape index (κ2) is 7.70. The smallest absolute Gasteiger partial charge is 0.253 e. The summed E-state index contributed by atoms with van der Waals surface area (Å²) in [6.07, 6.45) is 2.73. The molecule has 0 N–H and O–H groups in total. The largest absolute Gasteiger partial charge is 0.338 e. The molecule has 1 atom stereocenters. The Morgan fingerprint density at radius 3 is 2.57 bits per heavy atom. The number of anilines is 1. The number of carbonyl (C=O) groups excluding carboxylic acids is 2. The van der Waals surface area contributed by atoms with Crippen LogP contribution in [0.1, 0.15) is 35.2 Å². The van der Waals surface area contributed by atoms with E-state index < -0.39 is 11.6 Å². The van der Waals surface area contributed by atoms with Crippen molar-refractivity contribution in [2.75, 3.05) is 24.5 Å². The number of hydrogen-bond donors (Lipinski definition) is 0. The Morgan fingerprint density at radius 1 is 1.07 bits per heavy atom. The minimum atomic E-state index is -0.575. The van der Waals surface area contributed by atoms with Gasteiger partial charge in [0, 0.05) is 43.4 Å². The number of benzene rings is 2. The van der Waals surface area contributed by atoms with Crippen molar-refractivity contribution in [3.8, 4) is 0 Å². The van der Waals surface area contributed by atoms with Crippen LogP contribution in [0.15, 0.2) is 42.5 Å². The van der Waals surface area contributed by atoms with Crippen LogP contribution in [0.4, 0.5) is 14.5 Å². The minimum absolute atomic E-state index is 0.0681. The zero-order chi connectivity index (χ0) is 19.7. The zero-order valence-electron chi connectivity index (χ0n) is 15.5. The molecular weight excluding hydrogens is 362 g/mol. The maximum Gasteiger partial charge on any atom is 0.253 e. The fraction of sp³-hybridized carbons (Fsp3) is 0.364. The van der Waals surface area contributed by atoms with Crippen LogP contribution in [0.2, 0.25) is 0 Å². The lowest BCUT2D eigenvalue weighted by atomic mass is 9.98. The van der Waals surface area contributed by atoms with E-state index >= 15 is 0 Å². The summed E-state index contributed by atoms with van der Waals surface area (Å²) in [6.45, 7) is 1.87. The van der Waals surface area contributed by atoms with Crippen molar-refractivity contribution in [2.45, 2.75) is 25.7 Å². The first-order chi connectivity index (χ1) is 13.5. The van der Waals surface area contributed by atoms with E-state index in [2.05, 4.69) is 0 Å². The van der Waals surface area contributed by atoms with Gasteiger partial charge in [-0.3, -0.25) is 9.59 Å². The van der Waals surface area contributed by atoms with Gasteiger partial charge in [0.25, 0.3) is 5.91 Å². The van der Waals surface area contributed by atoms with Gasteiger partial charge < -0.3 is 9.80 Å². The molecule has 2 fully saturated rings. The van der Waals surface area contributed by atoms with E-state index in [9.17, 15) is 18.4 Å². The summed E-state index contributed by atoms with van der Waals surface area (Å²) in [4.78, 5) is 28.4. The maximum atomic E-state index is 13.4. The molecule has 2 saturated heterocycles. The van der Waals surface area contributed by atoms with Gasteiger partial charge in [-0.1, -0.05) is 6.07 Å². The molecule has 146 valence electrons. The maximum absolute atomic E-state index is 13.4. The highest BCUT2D eigenvalue weighted by Gasteiger charge is 2.28. The first kappa shape index (κ1) is 18.6. The van der Waals surface area contributed by atoms with Gasteiger partial charge in [0.1, 0.15) is 11.6 Å². The van der Waals surface area contributed by atoms with E-state index in [1.54, 1.807) is 28.0 Å². The van der Waals surface area contributed by atoms with Crippen LogP contribution in [0, 0.1) is 17.6 Å². The van der Waals surface area contributed by atoms with Crippen LogP contribution < -0.4 is 4.90 Å². The van der Waals surface area contributed by atoms with Crippen LogP contribution >= 0.6 is 0 Å². The van der Waals surface area contributed by atoms with E-state index in [0.717, 1.165) is 24.6 Å². The molecule has 0 saturated carbocycles. The molecule has 2 aliphatic rings. The van der Waals surface area contributed by atoms with E-state index in [-0.39, 0.29) is 17.7 Å². The fourth-order valence-electron chi connectivity index (χ4n) is 4.16. The normalized spacial score (nSPS) is 19.5. The Bertz CT molecular complexity index is 895. The van der Waals surface area contributed by atoms with Gasteiger partial charge >= 0.3 is 0 Å². The molecule has 0 radical (unpaired) electrons. The predicted octanol–water partition coefficient (Wildman–Crippen LogP) is 3.80. The molecule has 4 nitrogen and oxygen atoms in total. The number of rotatable bonds is 4. The highest BCUT2D eigenvalue weighted by Crippen LogP contribution is 2.26. The third-order valence-corrected chi connectivity index (χ3v) is 5.50. The van der Waals surface area contributed by atoms with Gasteiger partial charge in [-0.05, 0) is 61.1 Å². The van der Waals surface area contributed by atoms with Crippen molar-refractivity contribution in [3.63, 3.8) is 0 Å². The van der Waals surface area contributed by atoms with Gasteiger partial charge in [-0.15, -0.1) is 0 Å². The molecule has 0 aliphatic carbocycles. The van der Waals surface area contributed by atoms with Crippen molar-refractivity contribution in [1.82, 2.24) is 4.90 Å². The molecular formula is C22H22F2N2O2. The molecule has 28 heavy (non-hydrogen) atoms. The van der Waals surface area contributed by atoms with Crippen LogP contribution in [-0.4, -0.2) is 36.3 Å². The lowest BCUT2D eigenvalue weighted by molar-refractivity contribution is -0.117. The average Bonchev–Trinajstić information content (AvgIpc) is 3.29. The molecule has 2 aromatic carbocycles. The molecule has 2 heterocycles. The Balaban J connectivity index is 1.42. The predicted molar refractivity (Wildman–Crippen MR) is 102 cm³/mol. The summed E-state index contributed by atoms with van der Waals surface area (Å²) in [5.74, 6) is -0.952. The van der Waals surface area contributed by atoms with E-state index in [1.165, 1.54) is 12.1 Å². The van der Waals surface area contributed by atoms with Gasteiger partial charge in [-0.25, -0.2) is 8.78 Å². The number of nitrogens with zero attached hydrogens (tertiary/aromatic N) is 2. The summed E-state index contributed by atoms with van der Waals surface area (Å²) in [5.41, 5.74) is 1.94. The van der Waals surface area contributed by atoms with Gasteiger partial charge in [-0.2, -0.15) is 0 Å². The minimum Gasteiger partial charge on any atom is -0.338 e. The highest BCUT2D eigenvalue weighted by molar-refractivity contribution is 5.99. The summed E-state index contributed by atoms with van der Waals surface area (Å²) in [6, 6.07) is 10.8. The number of carbonyl (C=O) groups is 2. The number of hydrogen-bond acceptors (Lipinski definition) is 2. The Morgan fingerprint density at radius 2 is 1.86 bits per heavy atom. The molecule has 2 amide bonds. The molecule has 6 heteroatoms. The molecule has 4 rings (SSSR count). The van der Waals surface area contributed by atoms with E-state index in [4.69, 9.17) is 0 Å². The monoisotopic (exact) mass is 384 g/mol. The van der Waals surface area contributed by atoms with Crippen molar-refractivity contribution in [3.05, 3.63) is 65.2 Å². The summed E-state index contributed by atoms with van der Waals surface area (Å²) in [5, 5.41) is 0. The topological polar surface area (TPSA) is 40.6 Å². The zero-order valence-corrected chi connectivity index (χ0v) is 15.5. The van der Waals surface area contributed by atoms with Gasteiger partial charge in [0.15, 0.2) is 0 Å². The molecule has 2 aliphatic heterocycles. The van der Waals surface area contributed by atoms with E-state index in [1.807, 2.05) is 6.07 Å². The van der Waals surface area contributed by atoms with Crippen molar-refractivity contribution < 1.29 is 18.4 Å². The number of likely N-dealkylation sites (tertiary alicyclic amines) is 1. The molecule has 0 aromatic heterocycles. The fourth-order valence-corrected chi connectivity index (χ4v) is 4.16. The standard InChI is InChI=1S/C22H22F2N2O2/c23-18-10-16(11-19(24)13-18)9-15-6-8-25(14-15)22(28)17-3-1-4-20(12-17)26-7-2-5-21(26)27/h1,3-4,10-13,15H,2,5-9,14H2. The third-order valence-electron chi connectivity index (χ3n) is 5.50. The van der Waals surface area contributed by atoms with Crippen LogP contribution in [0.3, 0.4) is 0 Å². The van der Waals surface area contributed by atoms with Gasteiger partial charge in [0.05, 0.1) is 0 Å². The first-order valence-electron chi connectivity index (χ1n) is 9.64. The number of halogens is 2. The van der Waals surface area contributed by atoms with Crippen molar-refractivity contribution in [2.24, 2.45) is 5.92 Å². The molecule has 0 spiro atoms. The first-order valence-corrected chi connectivity index (χ1v) is 9.64. The van der Waals surface area contributed by atoms with Gasteiger partial charge in [0.2, 0.25) is 5.91 Å². The van der Waals surface area contributed by atoms with Crippen LogP contribution in [-0.2, 0) is 11.2 Å². The lowest BCUT2D eigenvalue weighted by Crippen LogP contribution is -2.29. The lowest BCUT2D eigenvalue weighted by Gasteiger charge is -2.19. The Hall–Kier alpha value is -2.76. The molecule has 0 bridgehead atoms. The van der Waals surface area contributed by atoms with Crippen LogP contribution in [0.5, 0.6) is 0 Å². The third kappa shape index (κ3) is 3.91. The molecule has 1 unspecified atom stereocenters. The highest BCUT2D eigenvalue weighted by atomic mass is 19.1. The SMILES string of the molecule is O=C(c1cccc(N2CCCC2=O)c1)N1CCC(Cc2cc(F)cc(F)c2)C1. The van der Waals surface area contributed by atoms with Crippen LogP contribution in [0.25, 0.3) is 0 Å². The quantitative estimate of drug-likeness (QED) is 0.805. The number of amides is 2. The second-order valence-corrected chi connectivity index (χ2v) is 7.59. The second-order valence-electron chi connectivity index (χ2n) is 7.59. The average molecular weight is 384 g/mol. The van der Waals surface area contributed by atoms with Crippen molar-refractivity contribution in [1.29, 1.82) is 0 Å². The van der Waals surface area contributed by atoms with E-state index in [0.29, 0.717) is 43.6 Å². The molecule has 2 aromatic rings.